The molecule has 0 unspecified atom stereocenters. The number of rotatable bonds is 5. The van der Waals surface area contributed by atoms with Gasteiger partial charge in [0, 0.05) is 30.8 Å². The molecular formula is C19H25N5O. The van der Waals surface area contributed by atoms with E-state index in [0.717, 1.165) is 43.0 Å². The second-order valence-electron chi connectivity index (χ2n) is 6.68. The lowest BCUT2D eigenvalue weighted by molar-refractivity contribution is -0.119. The fraction of sp³-hybridized carbons (Fsp3) is 0.421. The summed E-state index contributed by atoms with van der Waals surface area (Å²) >= 11 is 0. The molecule has 6 heteroatoms. The molecule has 0 radical (unpaired) electrons. The Morgan fingerprint density at radius 3 is 2.48 bits per heavy atom. The summed E-state index contributed by atoms with van der Waals surface area (Å²) in [4.78, 5) is 19.8. The minimum Gasteiger partial charge on any atom is -0.367 e. The van der Waals surface area contributed by atoms with Crippen molar-refractivity contribution in [1.29, 1.82) is 0 Å². The highest BCUT2D eigenvalue weighted by Gasteiger charge is 2.21. The van der Waals surface area contributed by atoms with E-state index in [-0.39, 0.29) is 5.91 Å². The fourth-order valence-electron chi connectivity index (χ4n) is 3.25. The van der Waals surface area contributed by atoms with Gasteiger partial charge in [-0.25, -0.2) is 9.97 Å². The van der Waals surface area contributed by atoms with E-state index in [1.807, 2.05) is 18.2 Å². The predicted octanol–water partition coefficient (Wildman–Crippen LogP) is 3.39. The summed E-state index contributed by atoms with van der Waals surface area (Å²) in [6.07, 6.45) is 5.61. The summed E-state index contributed by atoms with van der Waals surface area (Å²) in [7, 11) is 0. The first kappa shape index (κ1) is 17.2. The topological polar surface area (TPSA) is 78.9 Å². The number of anilines is 3. The van der Waals surface area contributed by atoms with Crippen molar-refractivity contribution in [2.24, 2.45) is 0 Å². The summed E-state index contributed by atoms with van der Waals surface area (Å²) in [5, 5.41) is 9.81. The van der Waals surface area contributed by atoms with Crippen LogP contribution in [-0.2, 0) is 4.79 Å². The third-order valence-electron chi connectivity index (χ3n) is 4.44. The van der Waals surface area contributed by atoms with Crippen molar-refractivity contribution in [1.82, 2.24) is 15.3 Å². The zero-order chi connectivity index (χ0) is 17.6. The number of hydrogen-bond donors (Lipinski definition) is 3. The summed E-state index contributed by atoms with van der Waals surface area (Å²) in [5.41, 5.74) is 2.22. The monoisotopic (exact) mass is 339 g/mol. The van der Waals surface area contributed by atoms with Crippen LogP contribution in [0.2, 0.25) is 0 Å². The molecular weight excluding hydrogens is 314 g/mol. The zero-order valence-corrected chi connectivity index (χ0v) is 14.7. The number of aryl methyl sites for hydroxylation is 1. The largest absolute Gasteiger partial charge is 0.367 e. The summed E-state index contributed by atoms with van der Waals surface area (Å²) in [6, 6.07) is 10.8. The second kappa shape index (κ2) is 7.96. The van der Waals surface area contributed by atoms with Crippen LogP contribution in [0.5, 0.6) is 0 Å². The van der Waals surface area contributed by atoms with Gasteiger partial charge < -0.3 is 16.0 Å². The molecule has 1 fully saturated rings. The first-order chi connectivity index (χ1) is 12.1. The highest BCUT2D eigenvalue weighted by atomic mass is 16.1. The molecule has 3 N–H and O–H groups in total. The van der Waals surface area contributed by atoms with Crippen molar-refractivity contribution in [2.75, 3.05) is 10.6 Å². The lowest BCUT2D eigenvalue weighted by Gasteiger charge is -2.29. The van der Waals surface area contributed by atoms with Crippen LogP contribution in [0, 0.1) is 6.92 Å². The van der Waals surface area contributed by atoms with Crippen LogP contribution >= 0.6 is 0 Å². The summed E-state index contributed by atoms with van der Waals surface area (Å²) in [5.74, 6) is 1.65. The van der Waals surface area contributed by atoms with Gasteiger partial charge in [0.1, 0.15) is 18.0 Å². The van der Waals surface area contributed by atoms with Gasteiger partial charge in [-0.2, -0.15) is 0 Å². The summed E-state index contributed by atoms with van der Waals surface area (Å²) < 4.78 is 0. The van der Waals surface area contributed by atoms with Crippen LogP contribution in [0.4, 0.5) is 17.3 Å². The molecule has 25 heavy (non-hydrogen) atoms. The molecule has 0 bridgehead atoms. The predicted molar refractivity (Wildman–Crippen MR) is 100.0 cm³/mol. The fourth-order valence-corrected chi connectivity index (χ4v) is 3.25. The molecule has 1 aromatic carbocycles. The zero-order valence-electron chi connectivity index (χ0n) is 14.7. The number of carbonyl (C=O) groups is 1. The Labute approximate surface area is 148 Å². The molecule has 6 nitrogen and oxygen atoms in total. The van der Waals surface area contributed by atoms with Crippen LogP contribution in [0.25, 0.3) is 0 Å². The van der Waals surface area contributed by atoms with E-state index in [1.54, 1.807) is 13.3 Å². The standard InChI is InChI=1S/C19H25N5O/c1-13-4-3-5-17(10-13)24-19-11-18(20-12-21-19)23-16-8-6-15(7-9-16)22-14(2)25/h3-5,10-12,15-16H,6-9H2,1-2H3,(H,22,25)(H2,20,21,23,24)/t15-,16-. The van der Waals surface area contributed by atoms with Crippen LogP contribution in [0.15, 0.2) is 36.7 Å². The van der Waals surface area contributed by atoms with Crippen LogP contribution in [0.3, 0.4) is 0 Å². The number of amides is 1. The highest BCUT2D eigenvalue weighted by molar-refractivity contribution is 5.73. The first-order valence-corrected chi connectivity index (χ1v) is 8.78. The van der Waals surface area contributed by atoms with Crippen molar-refractivity contribution in [3.05, 3.63) is 42.2 Å². The highest BCUT2D eigenvalue weighted by Crippen LogP contribution is 2.23. The Balaban J connectivity index is 1.56. The Morgan fingerprint density at radius 2 is 1.76 bits per heavy atom. The number of carbonyl (C=O) groups excluding carboxylic acids is 1. The van der Waals surface area contributed by atoms with Gasteiger partial charge in [0.05, 0.1) is 0 Å². The third kappa shape index (κ3) is 5.17. The van der Waals surface area contributed by atoms with Gasteiger partial charge in [-0.05, 0) is 50.3 Å². The minimum absolute atomic E-state index is 0.0547. The average Bonchev–Trinajstić information content (AvgIpc) is 2.57. The minimum atomic E-state index is 0.0547. The Morgan fingerprint density at radius 1 is 1.04 bits per heavy atom. The second-order valence-corrected chi connectivity index (χ2v) is 6.68. The van der Waals surface area contributed by atoms with Gasteiger partial charge >= 0.3 is 0 Å². The van der Waals surface area contributed by atoms with Crippen molar-refractivity contribution in [2.45, 2.75) is 51.6 Å². The number of aromatic nitrogens is 2. The molecule has 1 saturated carbocycles. The molecule has 1 aromatic heterocycles. The maximum Gasteiger partial charge on any atom is 0.217 e. The molecule has 0 aliphatic heterocycles. The first-order valence-electron chi connectivity index (χ1n) is 8.78. The van der Waals surface area contributed by atoms with E-state index < -0.39 is 0 Å². The number of nitrogens with one attached hydrogen (secondary N) is 3. The van der Waals surface area contributed by atoms with Crippen LogP contribution in [0.1, 0.15) is 38.2 Å². The molecule has 0 spiro atoms. The van der Waals surface area contributed by atoms with Gasteiger partial charge in [0.25, 0.3) is 0 Å². The molecule has 0 saturated heterocycles. The molecule has 3 rings (SSSR count). The lowest BCUT2D eigenvalue weighted by atomic mass is 9.91. The van der Waals surface area contributed by atoms with E-state index in [1.165, 1.54) is 5.56 Å². The van der Waals surface area contributed by atoms with Gasteiger partial charge in [-0.15, -0.1) is 0 Å². The Hall–Kier alpha value is -2.63. The van der Waals surface area contributed by atoms with Crippen molar-refractivity contribution < 1.29 is 4.79 Å². The van der Waals surface area contributed by atoms with Crippen LogP contribution in [-0.4, -0.2) is 28.0 Å². The lowest BCUT2D eigenvalue weighted by Crippen LogP contribution is -2.39. The van der Waals surface area contributed by atoms with Crippen molar-refractivity contribution >= 4 is 23.2 Å². The molecule has 2 aromatic rings. The van der Waals surface area contributed by atoms with Crippen molar-refractivity contribution in [3.8, 4) is 0 Å². The number of benzene rings is 1. The Kier molecular flexibility index (Phi) is 5.48. The van der Waals surface area contributed by atoms with E-state index in [4.69, 9.17) is 0 Å². The van der Waals surface area contributed by atoms with Gasteiger partial charge in [-0.1, -0.05) is 12.1 Å². The molecule has 1 aliphatic rings. The molecule has 0 atom stereocenters. The molecule has 1 heterocycles. The smallest absolute Gasteiger partial charge is 0.217 e. The molecule has 1 amide bonds. The van der Waals surface area contributed by atoms with E-state index in [9.17, 15) is 4.79 Å². The van der Waals surface area contributed by atoms with E-state index in [0.29, 0.717) is 12.1 Å². The van der Waals surface area contributed by atoms with Gasteiger partial charge in [0.15, 0.2) is 0 Å². The average molecular weight is 339 g/mol. The van der Waals surface area contributed by atoms with Gasteiger partial charge in [0.2, 0.25) is 5.91 Å². The number of nitrogens with zero attached hydrogens (tertiary/aromatic N) is 2. The van der Waals surface area contributed by atoms with E-state index >= 15 is 0 Å². The van der Waals surface area contributed by atoms with E-state index in [2.05, 4.69) is 45.0 Å². The SMILES string of the molecule is CC(=O)N[C@H]1CC[C@H](Nc2cc(Nc3cccc(C)c3)ncn2)CC1. The molecule has 132 valence electrons. The number of hydrogen-bond acceptors (Lipinski definition) is 5. The van der Waals surface area contributed by atoms with Crippen molar-refractivity contribution in [3.63, 3.8) is 0 Å². The quantitative estimate of drug-likeness (QED) is 0.778. The molecule has 1 aliphatic carbocycles. The summed E-state index contributed by atoms with van der Waals surface area (Å²) in [6.45, 7) is 3.64. The maximum atomic E-state index is 11.1. The maximum absolute atomic E-state index is 11.1. The van der Waals surface area contributed by atoms with Gasteiger partial charge in [-0.3, -0.25) is 4.79 Å². The van der Waals surface area contributed by atoms with Crippen LogP contribution < -0.4 is 16.0 Å². The normalized spacial score (nSPS) is 19.9. The third-order valence-corrected chi connectivity index (χ3v) is 4.44. The Bertz CT molecular complexity index is 725.